The second-order valence-corrected chi connectivity index (χ2v) is 5.88. The molecule has 0 aliphatic rings. The fourth-order valence-electron chi connectivity index (χ4n) is 2.54. The third-order valence-electron chi connectivity index (χ3n) is 3.82. The van der Waals surface area contributed by atoms with Crippen LogP contribution in [-0.4, -0.2) is 22.9 Å². The zero-order valence-corrected chi connectivity index (χ0v) is 14.5. The molecule has 0 radical (unpaired) electrons. The van der Waals surface area contributed by atoms with Crippen molar-refractivity contribution >= 4 is 23.1 Å². The van der Waals surface area contributed by atoms with E-state index in [1.165, 1.54) is 0 Å². The van der Waals surface area contributed by atoms with Gasteiger partial charge in [0.1, 0.15) is 17.3 Å². The topological polar surface area (TPSA) is 58.1 Å². The van der Waals surface area contributed by atoms with Crippen LogP contribution in [0, 0.1) is 13.8 Å². The summed E-state index contributed by atoms with van der Waals surface area (Å²) in [5.74, 6) is 0.974. The minimum absolute atomic E-state index is 0.251. The Morgan fingerprint density at radius 3 is 2.44 bits per heavy atom. The SMILES string of the molecule is Cc1cccc(NC(=O)c2cc(N(C)c3ccccc3)nc(C)n2)c1. The molecule has 0 saturated heterocycles. The molecular formula is C20H20N4O. The molecule has 1 heterocycles. The molecule has 1 aromatic heterocycles. The van der Waals surface area contributed by atoms with Crippen LogP contribution in [0.1, 0.15) is 21.9 Å². The number of rotatable bonds is 4. The number of aromatic nitrogens is 2. The summed E-state index contributed by atoms with van der Waals surface area (Å²) in [6.45, 7) is 3.77. The number of hydrogen-bond acceptors (Lipinski definition) is 4. The maximum atomic E-state index is 12.6. The van der Waals surface area contributed by atoms with Gasteiger partial charge in [0.05, 0.1) is 0 Å². The zero-order chi connectivity index (χ0) is 17.8. The first-order valence-electron chi connectivity index (χ1n) is 8.05. The van der Waals surface area contributed by atoms with Gasteiger partial charge in [0, 0.05) is 24.5 Å². The van der Waals surface area contributed by atoms with Crippen LogP contribution in [0.5, 0.6) is 0 Å². The Kier molecular flexibility index (Phi) is 4.75. The van der Waals surface area contributed by atoms with Crippen molar-refractivity contribution in [2.24, 2.45) is 0 Å². The average Bonchev–Trinajstić information content (AvgIpc) is 2.61. The van der Waals surface area contributed by atoms with Crippen molar-refractivity contribution in [2.75, 3.05) is 17.3 Å². The van der Waals surface area contributed by atoms with Crippen LogP contribution in [0.3, 0.4) is 0 Å². The Bertz CT molecular complexity index is 893. The highest BCUT2D eigenvalue weighted by atomic mass is 16.1. The molecule has 5 nitrogen and oxygen atoms in total. The standard InChI is InChI=1S/C20H20N4O/c1-14-8-7-9-16(12-14)23-20(25)18-13-19(22-15(2)21-18)24(3)17-10-5-4-6-11-17/h4-13H,1-3H3,(H,23,25). The third-order valence-corrected chi connectivity index (χ3v) is 3.82. The molecule has 3 rings (SSSR count). The van der Waals surface area contributed by atoms with Crippen molar-refractivity contribution in [2.45, 2.75) is 13.8 Å². The average molecular weight is 332 g/mol. The second-order valence-electron chi connectivity index (χ2n) is 5.88. The molecular weight excluding hydrogens is 312 g/mol. The van der Waals surface area contributed by atoms with Crippen molar-refractivity contribution in [1.82, 2.24) is 9.97 Å². The molecule has 0 saturated carbocycles. The lowest BCUT2D eigenvalue weighted by molar-refractivity contribution is 0.102. The summed E-state index contributed by atoms with van der Waals surface area (Å²) in [6.07, 6.45) is 0. The smallest absolute Gasteiger partial charge is 0.274 e. The van der Waals surface area contributed by atoms with Crippen LogP contribution < -0.4 is 10.2 Å². The molecule has 0 aliphatic heterocycles. The molecule has 0 aliphatic carbocycles. The summed E-state index contributed by atoms with van der Waals surface area (Å²) in [5, 5.41) is 2.88. The van der Waals surface area contributed by atoms with Crippen molar-refractivity contribution < 1.29 is 4.79 Å². The second kappa shape index (κ2) is 7.13. The Hall–Kier alpha value is -3.21. The lowest BCUT2D eigenvalue weighted by atomic mass is 10.2. The van der Waals surface area contributed by atoms with E-state index in [1.807, 2.05) is 73.5 Å². The predicted molar refractivity (Wildman–Crippen MR) is 100 cm³/mol. The number of amides is 1. The lowest BCUT2D eigenvalue weighted by Gasteiger charge is -2.19. The van der Waals surface area contributed by atoms with Gasteiger partial charge in [-0.15, -0.1) is 0 Å². The summed E-state index contributed by atoms with van der Waals surface area (Å²) < 4.78 is 0. The number of nitrogens with one attached hydrogen (secondary N) is 1. The van der Waals surface area contributed by atoms with E-state index in [-0.39, 0.29) is 5.91 Å². The molecule has 126 valence electrons. The summed E-state index contributed by atoms with van der Waals surface area (Å²) >= 11 is 0. The van der Waals surface area contributed by atoms with Crippen LogP contribution in [-0.2, 0) is 0 Å². The summed E-state index contributed by atoms with van der Waals surface area (Å²) in [7, 11) is 1.92. The monoisotopic (exact) mass is 332 g/mol. The first-order chi connectivity index (χ1) is 12.0. The number of hydrogen-bond donors (Lipinski definition) is 1. The van der Waals surface area contributed by atoms with Crippen molar-refractivity contribution in [3.63, 3.8) is 0 Å². The van der Waals surface area contributed by atoms with E-state index in [2.05, 4.69) is 15.3 Å². The fraction of sp³-hybridized carbons (Fsp3) is 0.150. The molecule has 0 bridgehead atoms. The number of aryl methyl sites for hydroxylation is 2. The Morgan fingerprint density at radius 1 is 0.960 bits per heavy atom. The van der Waals surface area contributed by atoms with Gasteiger partial charge in [-0.2, -0.15) is 0 Å². The van der Waals surface area contributed by atoms with E-state index in [0.717, 1.165) is 16.9 Å². The largest absolute Gasteiger partial charge is 0.329 e. The van der Waals surface area contributed by atoms with Gasteiger partial charge in [-0.05, 0) is 43.7 Å². The molecule has 2 aromatic carbocycles. The highest BCUT2D eigenvalue weighted by Crippen LogP contribution is 2.22. The molecule has 0 atom stereocenters. The van der Waals surface area contributed by atoms with E-state index in [0.29, 0.717) is 17.3 Å². The van der Waals surface area contributed by atoms with Crippen molar-refractivity contribution in [3.05, 3.63) is 77.7 Å². The molecule has 0 fully saturated rings. The van der Waals surface area contributed by atoms with Crippen LogP contribution in [0.4, 0.5) is 17.2 Å². The van der Waals surface area contributed by atoms with Gasteiger partial charge in [0.2, 0.25) is 0 Å². The highest BCUT2D eigenvalue weighted by molar-refractivity contribution is 6.03. The number of anilines is 3. The van der Waals surface area contributed by atoms with Gasteiger partial charge in [-0.1, -0.05) is 30.3 Å². The van der Waals surface area contributed by atoms with Gasteiger partial charge >= 0.3 is 0 Å². The maximum absolute atomic E-state index is 12.6. The summed E-state index contributed by atoms with van der Waals surface area (Å²) in [4.78, 5) is 23.2. The first-order valence-corrected chi connectivity index (χ1v) is 8.05. The zero-order valence-electron chi connectivity index (χ0n) is 14.5. The molecule has 1 N–H and O–H groups in total. The maximum Gasteiger partial charge on any atom is 0.274 e. The van der Waals surface area contributed by atoms with E-state index in [4.69, 9.17) is 0 Å². The van der Waals surface area contributed by atoms with Gasteiger partial charge < -0.3 is 10.2 Å². The molecule has 25 heavy (non-hydrogen) atoms. The third kappa shape index (κ3) is 4.01. The first kappa shape index (κ1) is 16.6. The quantitative estimate of drug-likeness (QED) is 0.781. The van der Waals surface area contributed by atoms with E-state index < -0.39 is 0 Å². The molecule has 0 spiro atoms. The molecule has 1 amide bonds. The van der Waals surface area contributed by atoms with Crippen LogP contribution in [0.15, 0.2) is 60.7 Å². The minimum Gasteiger partial charge on any atom is -0.329 e. The number of nitrogens with zero attached hydrogens (tertiary/aromatic N) is 3. The van der Waals surface area contributed by atoms with Crippen molar-refractivity contribution in [1.29, 1.82) is 0 Å². The van der Waals surface area contributed by atoms with Gasteiger partial charge in [-0.3, -0.25) is 4.79 Å². The Balaban J connectivity index is 1.87. The van der Waals surface area contributed by atoms with Crippen molar-refractivity contribution in [3.8, 4) is 0 Å². The molecule has 5 heteroatoms. The normalized spacial score (nSPS) is 10.4. The Labute approximate surface area is 147 Å². The van der Waals surface area contributed by atoms with Gasteiger partial charge in [0.15, 0.2) is 0 Å². The fourth-order valence-corrected chi connectivity index (χ4v) is 2.54. The number of carbonyl (C=O) groups is 1. The van der Waals surface area contributed by atoms with Gasteiger partial charge in [0.25, 0.3) is 5.91 Å². The number of carbonyl (C=O) groups excluding carboxylic acids is 1. The minimum atomic E-state index is -0.251. The molecule has 3 aromatic rings. The number of para-hydroxylation sites is 1. The van der Waals surface area contributed by atoms with E-state index in [1.54, 1.807) is 13.0 Å². The highest BCUT2D eigenvalue weighted by Gasteiger charge is 2.14. The molecule has 0 unspecified atom stereocenters. The van der Waals surface area contributed by atoms with Crippen LogP contribution in [0.2, 0.25) is 0 Å². The lowest BCUT2D eigenvalue weighted by Crippen LogP contribution is -2.18. The van der Waals surface area contributed by atoms with E-state index in [9.17, 15) is 4.79 Å². The van der Waals surface area contributed by atoms with Crippen LogP contribution >= 0.6 is 0 Å². The summed E-state index contributed by atoms with van der Waals surface area (Å²) in [5.41, 5.74) is 3.16. The van der Waals surface area contributed by atoms with E-state index >= 15 is 0 Å². The summed E-state index contributed by atoms with van der Waals surface area (Å²) in [6, 6.07) is 19.2. The van der Waals surface area contributed by atoms with Crippen LogP contribution in [0.25, 0.3) is 0 Å². The predicted octanol–water partition coefficient (Wildman–Crippen LogP) is 4.11. The Morgan fingerprint density at radius 2 is 1.72 bits per heavy atom. The van der Waals surface area contributed by atoms with Gasteiger partial charge in [-0.25, -0.2) is 9.97 Å². The number of benzene rings is 2.